The largest absolute Gasteiger partial charge is 0.493 e. The van der Waals surface area contributed by atoms with Gasteiger partial charge in [0.2, 0.25) is 10.0 Å². The molecule has 3 aromatic rings. The third-order valence-corrected chi connectivity index (χ3v) is 8.24. The number of morpholine rings is 1. The first kappa shape index (κ1) is 23.4. The zero-order valence-corrected chi connectivity index (χ0v) is 21.4. The van der Waals surface area contributed by atoms with E-state index in [4.69, 9.17) is 14.5 Å². The number of sulfonamides is 1. The molecular formula is C21H25BrN4O4S2. The van der Waals surface area contributed by atoms with Crippen LogP contribution < -0.4 is 9.64 Å². The highest BCUT2D eigenvalue weighted by atomic mass is 79.9. The molecule has 1 aromatic carbocycles. The summed E-state index contributed by atoms with van der Waals surface area (Å²) in [6.07, 6.45) is 0. The van der Waals surface area contributed by atoms with Crippen molar-refractivity contribution in [2.24, 2.45) is 0 Å². The summed E-state index contributed by atoms with van der Waals surface area (Å²) in [4.78, 5) is 12.5. The average molecular weight is 541 g/mol. The maximum atomic E-state index is 13.4. The smallest absolute Gasteiger partial charge is 0.206 e. The minimum atomic E-state index is -4.08. The zero-order chi connectivity index (χ0) is 22.9. The van der Waals surface area contributed by atoms with E-state index in [-0.39, 0.29) is 16.5 Å². The van der Waals surface area contributed by atoms with Gasteiger partial charge in [0.15, 0.2) is 0 Å². The number of thiophene rings is 1. The molecule has 1 N–H and O–H groups in total. The lowest BCUT2D eigenvalue weighted by atomic mass is 10.2. The van der Waals surface area contributed by atoms with E-state index in [0.717, 1.165) is 28.4 Å². The van der Waals surface area contributed by atoms with Crippen LogP contribution in [0.5, 0.6) is 5.75 Å². The van der Waals surface area contributed by atoms with Crippen LogP contribution in [-0.2, 0) is 21.3 Å². The normalized spacial score (nSPS) is 15.2. The fraction of sp³-hybridized carbons (Fsp3) is 0.429. The molecule has 0 bridgehead atoms. The number of benzene rings is 1. The van der Waals surface area contributed by atoms with Gasteiger partial charge >= 0.3 is 0 Å². The lowest BCUT2D eigenvalue weighted by molar-refractivity contribution is -0.922. The van der Waals surface area contributed by atoms with E-state index < -0.39 is 10.0 Å². The highest BCUT2D eigenvalue weighted by Gasteiger charge is 2.21. The van der Waals surface area contributed by atoms with Crippen LogP contribution in [0.15, 0.2) is 27.6 Å². The summed E-state index contributed by atoms with van der Waals surface area (Å²) < 4.78 is 42.5. The molecule has 2 aromatic heterocycles. The van der Waals surface area contributed by atoms with Crippen molar-refractivity contribution in [2.45, 2.75) is 32.2 Å². The predicted molar refractivity (Wildman–Crippen MR) is 128 cm³/mol. The van der Waals surface area contributed by atoms with Crippen LogP contribution in [0.4, 0.5) is 5.82 Å². The van der Waals surface area contributed by atoms with Gasteiger partial charge in [-0.25, -0.2) is 13.4 Å². The van der Waals surface area contributed by atoms with Gasteiger partial charge in [0, 0.05) is 14.7 Å². The van der Waals surface area contributed by atoms with Crippen LogP contribution >= 0.6 is 27.3 Å². The highest BCUT2D eigenvalue weighted by molar-refractivity contribution is 9.10. The minimum absolute atomic E-state index is 0.00504. The minimum Gasteiger partial charge on any atom is -0.493 e. The first-order chi connectivity index (χ1) is 15.3. The summed E-state index contributed by atoms with van der Waals surface area (Å²) in [7, 11) is -4.08. The summed E-state index contributed by atoms with van der Waals surface area (Å²) in [5.41, 5.74) is 0.948. The first-order valence-corrected chi connectivity index (χ1v) is 13.4. The molecule has 1 fully saturated rings. The second-order valence-electron chi connectivity index (χ2n) is 7.56. The van der Waals surface area contributed by atoms with Crippen LogP contribution in [0.3, 0.4) is 0 Å². The number of hydrogen-bond acceptors (Lipinski definition) is 7. The first-order valence-electron chi connectivity index (χ1n) is 10.4. The Bertz CT molecular complexity index is 1240. The Morgan fingerprint density at radius 3 is 2.72 bits per heavy atom. The summed E-state index contributed by atoms with van der Waals surface area (Å²) in [5, 5.41) is 0.685. The zero-order valence-electron chi connectivity index (χ0n) is 18.1. The van der Waals surface area contributed by atoms with Gasteiger partial charge in [0.1, 0.15) is 35.1 Å². The van der Waals surface area contributed by atoms with E-state index in [1.165, 1.54) is 22.3 Å². The van der Waals surface area contributed by atoms with Crippen molar-refractivity contribution in [1.82, 2.24) is 9.97 Å². The van der Waals surface area contributed by atoms with Crippen LogP contribution in [0.25, 0.3) is 14.9 Å². The second-order valence-corrected chi connectivity index (χ2v) is 11.2. The van der Waals surface area contributed by atoms with E-state index in [0.29, 0.717) is 42.0 Å². The lowest BCUT2D eigenvalue weighted by Crippen LogP contribution is -3.12. The maximum absolute atomic E-state index is 13.4. The molecule has 0 saturated carbocycles. The molecule has 4 rings (SSSR count). The summed E-state index contributed by atoms with van der Waals surface area (Å²) in [6.45, 7) is 9.81. The van der Waals surface area contributed by atoms with E-state index in [2.05, 4.69) is 25.6 Å². The van der Waals surface area contributed by atoms with Crippen molar-refractivity contribution in [3.8, 4) is 5.75 Å². The summed E-state index contributed by atoms with van der Waals surface area (Å²) in [6, 6.07) is 4.87. The van der Waals surface area contributed by atoms with Crippen LogP contribution in [0.1, 0.15) is 23.2 Å². The number of aromatic nitrogens is 2. The average Bonchev–Trinajstić information content (AvgIpc) is 3.03. The van der Waals surface area contributed by atoms with Gasteiger partial charge in [-0.1, -0.05) is 15.9 Å². The molecule has 0 spiro atoms. The SMILES string of the molecule is CCOc1ccc(Br)cc1S(=O)(=O)[N-]c1nc(C[NH+]2CCOCC2)nc2sc(C)c(C)c12. The van der Waals surface area contributed by atoms with Crippen molar-refractivity contribution < 1.29 is 22.8 Å². The van der Waals surface area contributed by atoms with Gasteiger partial charge in [-0.2, -0.15) is 0 Å². The Morgan fingerprint density at radius 2 is 2.00 bits per heavy atom. The maximum Gasteiger partial charge on any atom is 0.206 e. The molecule has 0 unspecified atom stereocenters. The fourth-order valence-corrected chi connectivity index (χ4v) is 6.27. The number of fused-ring (bicyclic) bond motifs is 1. The van der Waals surface area contributed by atoms with Crippen molar-refractivity contribution >= 4 is 53.3 Å². The molecule has 3 heterocycles. The Hall–Kier alpha value is -1.79. The molecule has 1 saturated heterocycles. The molecule has 32 heavy (non-hydrogen) atoms. The Kier molecular flexibility index (Phi) is 7.01. The Morgan fingerprint density at radius 1 is 1.25 bits per heavy atom. The quantitative estimate of drug-likeness (QED) is 0.493. The van der Waals surface area contributed by atoms with E-state index >= 15 is 0 Å². The second kappa shape index (κ2) is 9.60. The summed E-state index contributed by atoms with van der Waals surface area (Å²) >= 11 is 4.88. The van der Waals surface area contributed by atoms with E-state index in [9.17, 15) is 8.42 Å². The van der Waals surface area contributed by atoms with Crippen molar-refractivity contribution in [3.05, 3.63) is 43.7 Å². The molecular weight excluding hydrogens is 516 g/mol. The molecule has 0 amide bonds. The summed E-state index contributed by atoms with van der Waals surface area (Å²) in [5.74, 6) is 1.03. The molecule has 8 nitrogen and oxygen atoms in total. The number of nitrogens with zero attached hydrogens (tertiary/aromatic N) is 3. The van der Waals surface area contributed by atoms with Crippen molar-refractivity contribution in [3.63, 3.8) is 0 Å². The molecule has 0 aliphatic carbocycles. The van der Waals surface area contributed by atoms with Crippen molar-refractivity contribution in [1.29, 1.82) is 0 Å². The molecule has 1 aliphatic heterocycles. The monoisotopic (exact) mass is 540 g/mol. The van der Waals surface area contributed by atoms with E-state index in [1.54, 1.807) is 19.1 Å². The Balaban J connectivity index is 1.76. The van der Waals surface area contributed by atoms with Gasteiger partial charge in [-0.3, -0.25) is 0 Å². The number of nitrogens with one attached hydrogen (secondary N) is 1. The number of hydrogen-bond donors (Lipinski definition) is 1. The van der Waals surface area contributed by atoms with Gasteiger partial charge < -0.3 is 24.1 Å². The third-order valence-electron chi connectivity index (χ3n) is 5.35. The number of ether oxygens (including phenoxy) is 2. The van der Waals surface area contributed by atoms with Gasteiger partial charge in [-0.05, 0) is 50.4 Å². The lowest BCUT2D eigenvalue weighted by Gasteiger charge is -2.25. The molecule has 1 aliphatic rings. The standard InChI is InChI=1S/C21H24BrN4O4S2/c1-4-30-16-6-5-15(22)11-17(16)32(27,28)25-20-19-13(2)14(3)31-21(19)24-18(23-20)12-26-7-9-29-10-8-26/h5-6,11H,4,7-10,12H2,1-3H3/q-1/p+1. The molecule has 0 atom stereocenters. The molecule has 172 valence electrons. The molecule has 0 radical (unpaired) electrons. The number of aryl methyl sites for hydroxylation is 2. The van der Waals surface area contributed by atoms with Gasteiger partial charge in [-0.15, -0.1) is 11.3 Å². The number of rotatable bonds is 7. The van der Waals surface area contributed by atoms with E-state index in [1.807, 2.05) is 13.8 Å². The Labute approximate surface area is 200 Å². The van der Waals surface area contributed by atoms with Crippen LogP contribution in [0, 0.1) is 13.8 Å². The number of quaternary nitrogens is 1. The fourth-order valence-electron chi connectivity index (χ4n) is 3.60. The van der Waals surface area contributed by atoms with Gasteiger partial charge in [0.05, 0.1) is 25.6 Å². The highest BCUT2D eigenvalue weighted by Crippen LogP contribution is 2.40. The van der Waals surface area contributed by atoms with Gasteiger partial charge in [0.25, 0.3) is 0 Å². The molecule has 11 heteroatoms. The third kappa shape index (κ3) is 4.91. The topological polar surface area (TPSA) is 96.9 Å². The van der Waals surface area contributed by atoms with Crippen LogP contribution in [-0.4, -0.2) is 51.3 Å². The van der Waals surface area contributed by atoms with Crippen LogP contribution in [0.2, 0.25) is 0 Å². The van der Waals surface area contributed by atoms with Crippen molar-refractivity contribution in [2.75, 3.05) is 32.9 Å². The predicted octanol–water partition coefficient (Wildman–Crippen LogP) is 3.28. The number of halogens is 1.